The summed E-state index contributed by atoms with van der Waals surface area (Å²) in [4.78, 5) is 15.4. The van der Waals surface area contributed by atoms with Gasteiger partial charge in [0.05, 0.1) is 0 Å². The lowest BCUT2D eigenvalue weighted by atomic mass is 10.1. The SMILES string of the molecule is CC(=O)Oc1ccc(C)cc1Cc1cc(Cl)ccn1. The molecule has 1 aromatic heterocycles. The van der Waals surface area contributed by atoms with Crippen LogP contribution in [0.3, 0.4) is 0 Å². The van der Waals surface area contributed by atoms with Gasteiger partial charge in [0.25, 0.3) is 0 Å². The number of aryl methyl sites for hydroxylation is 1. The number of halogens is 1. The zero-order valence-electron chi connectivity index (χ0n) is 10.8. The fourth-order valence-electron chi connectivity index (χ4n) is 1.84. The summed E-state index contributed by atoms with van der Waals surface area (Å²) >= 11 is 5.94. The van der Waals surface area contributed by atoms with Gasteiger partial charge in [0, 0.05) is 35.8 Å². The van der Waals surface area contributed by atoms with Crippen molar-refractivity contribution in [1.29, 1.82) is 0 Å². The molecular formula is C15H14ClNO2. The second-order valence-corrected chi connectivity index (χ2v) is 4.78. The van der Waals surface area contributed by atoms with Gasteiger partial charge in [-0.2, -0.15) is 0 Å². The first-order valence-electron chi connectivity index (χ1n) is 5.93. The molecule has 2 rings (SSSR count). The molecule has 0 radical (unpaired) electrons. The number of pyridine rings is 1. The van der Waals surface area contributed by atoms with Crippen molar-refractivity contribution >= 4 is 17.6 Å². The quantitative estimate of drug-likeness (QED) is 0.635. The highest BCUT2D eigenvalue weighted by Gasteiger charge is 2.08. The fourth-order valence-corrected chi connectivity index (χ4v) is 2.02. The molecule has 98 valence electrons. The van der Waals surface area contributed by atoms with Gasteiger partial charge in [0.1, 0.15) is 5.75 Å². The number of hydrogen-bond donors (Lipinski definition) is 0. The van der Waals surface area contributed by atoms with E-state index >= 15 is 0 Å². The average molecular weight is 276 g/mol. The van der Waals surface area contributed by atoms with Crippen LogP contribution >= 0.6 is 11.6 Å². The molecule has 1 heterocycles. The number of esters is 1. The van der Waals surface area contributed by atoms with Gasteiger partial charge in [-0.1, -0.05) is 29.3 Å². The Kier molecular flexibility index (Phi) is 4.17. The molecule has 0 fully saturated rings. The molecule has 0 saturated carbocycles. The third-order valence-electron chi connectivity index (χ3n) is 2.62. The van der Waals surface area contributed by atoms with Crippen molar-refractivity contribution in [2.45, 2.75) is 20.3 Å². The van der Waals surface area contributed by atoms with Gasteiger partial charge in [-0.05, 0) is 25.1 Å². The van der Waals surface area contributed by atoms with Gasteiger partial charge in [-0.3, -0.25) is 9.78 Å². The van der Waals surface area contributed by atoms with Gasteiger partial charge in [0.2, 0.25) is 0 Å². The maximum absolute atomic E-state index is 11.1. The topological polar surface area (TPSA) is 39.2 Å². The molecule has 1 aromatic carbocycles. The summed E-state index contributed by atoms with van der Waals surface area (Å²) in [5.41, 5.74) is 2.87. The molecule has 0 saturated heterocycles. The largest absolute Gasteiger partial charge is 0.426 e. The molecule has 0 N–H and O–H groups in total. The lowest BCUT2D eigenvalue weighted by Crippen LogP contribution is -2.05. The summed E-state index contributed by atoms with van der Waals surface area (Å²) in [6.45, 7) is 3.38. The Morgan fingerprint density at radius 3 is 2.79 bits per heavy atom. The summed E-state index contributed by atoms with van der Waals surface area (Å²) in [5.74, 6) is 0.240. The summed E-state index contributed by atoms with van der Waals surface area (Å²) in [5, 5.41) is 0.645. The van der Waals surface area contributed by atoms with Crippen molar-refractivity contribution in [3.8, 4) is 5.75 Å². The lowest BCUT2D eigenvalue weighted by molar-refractivity contribution is -0.131. The van der Waals surface area contributed by atoms with E-state index in [0.717, 1.165) is 16.8 Å². The maximum atomic E-state index is 11.1. The van der Waals surface area contributed by atoms with E-state index in [1.807, 2.05) is 19.1 Å². The zero-order valence-corrected chi connectivity index (χ0v) is 11.6. The fraction of sp³-hybridized carbons (Fsp3) is 0.200. The maximum Gasteiger partial charge on any atom is 0.308 e. The van der Waals surface area contributed by atoms with Crippen LogP contribution in [-0.4, -0.2) is 11.0 Å². The molecule has 0 unspecified atom stereocenters. The average Bonchev–Trinajstić information content (AvgIpc) is 2.32. The van der Waals surface area contributed by atoms with Crippen LogP contribution in [0.15, 0.2) is 36.5 Å². The lowest BCUT2D eigenvalue weighted by Gasteiger charge is -2.10. The summed E-state index contributed by atoms with van der Waals surface area (Å²) in [6, 6.07) is 9.24. The Bertz CT molecular complexity index is 611. The van der Waals surface area contributed by atoms with E-state index in [1.165, 1.54) is 6.92 Å². The second kappa shape index (κ2) is 5.85. The molecule has 0 aliphatic rings. The molecule has 19 heavy (non-hydrogen) atoms. The first-order chi connectivity index (χ1) is 9.04. The van der Waals surface area contributed by atoms with E-state index in [4.69, 9.17) is 16.3 Å². The number of carbonyl (C=O) groups excluding carboxylic acids is 1. The first kappa shape index (κ1) is 13.6. The third kappa shape index (κ3) is 3.80. The number of hydrogen-bond acceptors (Lipinski definition) is 3. The number of nitrogens with zero attached hydrogens (tertiary/aromatic N) is 1. The molecule has 0 atom stereocenters. The van der Waals surface area contributed by atoms with E-state index in [9.17, 15) is 4.79 Å². The van der Waals surface area contributed by atoms with Crippen LogP contribution in [0.25, 0.3) is 0 Å². The normalized spacial score (nSPS) is 10.3. The van der Waals surface area contributed by atoms with Crippen LogP contribution in [0.2, 0.25) is 5.02 Å². The summed E-state index contributed by atoms with van der Waals surface area (Å²) in [7, 11) is 0. The minimum atomic E-state index is -0.329. The van der Waals surface area contributed by atoms with Crippen molar-refractivity contribution in [3.63, 3.8) is 0 Å². The molecule has 0 aliphatic carbocycles. The summed E-state index contributed by atoms with van der Waals surface area (Å²) < 4.78 is 5.20. The smallest absolute Gasteiger partial charge is 0.308 e. The Morgan fingerprint density at radius 2 is 2.11 bits per heavy atom. The Morgan fingerprint density at radius 1 is 1.32 bits per heavy atom. The van der Waals surface area contributed by atoms with Crippen molar-refractivity contribution in [1.82, 2.24) is 4.98 Å². The number of benzene rings is 1. The zero-order chi connectivity index (χ0) is 13.8. The second-order valence-electron chi connectivity index (χ2n) is 4.35. The molecule has 4 heteroatoms. The predicted octanol–water partition coefficient (Wildman–Crippen LogP) is 3.56. The standard InChI is InChI=1S/C15H14ClNO2/c1-10-3-4-15(19-11(2)18)12(7-10)8-14-9-13(16)5-6-17-14/h3-7,9H,8H2,1-2H3. The predicted molar refractivity (Wildman–Crippen MR) is 74.5 cm³/mol. The van der Waals surface area contributed by atoms with Crippen LogP contribution in [0.1, 0.15) is 23.7 Å². The van der Waals surface area contributed by atoms with Gasteiger partial charge in [-0.25, -0.2) is 0 Å². The van der Waals surface area contributed by atoms with Crippen molar-refractivity contribution < 1.29 is 9.53 Å². The number of carbonyl (C=O) groups is 1. The van der Waals surface area contributed by atoms with Crippen molar-refractivity contribution in [3.05, 3.63) is 58.4 Å². The summed E-state index contributed by atoms with van der Waals surface area (Å²) in [6.07, 6.45) is 2.24. The Labute approximate surface area is 117 Å². The van der Waals surface area contributed by atoms with Crippen LogP contribution in [-0.2, 0) is 11.2 Å². The van der Waals surface area contributed by atoms with E-state index < -0.39 is 0 Å². The molecule has 0 spiro atoms. The molecule has 0 amide bonds. The minimum Gasteiger partial charge on any atom is -0.426 e. The van der Waals surface area contributed by atoms with E-state index in [2.05, 4.69) is 4.98 Å². The van der Waals surface area contributed by atoms with Crippen molar-refractivity contribution in [2.24, 2.45) is 0 Å². The van der Waals surface area contributed by atoms with E-state index in [1.54, 1.807) is 24.4 Å². The van der Waals surface area contributed by atoms with Crippen LogP contribution in [0.5, 0.6) is 5.75 Å². The first-order valence-corrected chi connectivity index (χ1v) is 6.31. The van der Waals surface area contributed by atoms with Gasteiger partial charge < -0.3 is 4.74 Å². The Hall–Kier alpha value is -1.87. The Balaban J connectivity index is 2.32. The monoisotopic (exact) mass is 275 g/mol. The van der Waals surface area contributed by atoms with Crippen LogP contribution in [0.4, 0.5) is 0 Å². The molecule has 0 aliphatic heterocycles. The van der Waals surface area contributed by atoms with E-state index in [0.29, 0.717) is 17.2 Å². The highest BCUT2D eigenvalue weighted by atomic mass is 35.5. The highest BCUT2D eigenvalue weighted by molar-refractivity contribution is 6.30. The highest BCUT2D eigenvalue weighted by Crippen LogP contribution is 2.23. The van der Waals surface area contributed by atoms with Gasteiger partial charge in [0.15, 0.2) is 0 Å². The van der Waals surface area contributed by atoms with Crippen molar-refractivity contribution in [2.75, 3.05) is 0 Å². The van der Waals surface area contributed by atoms with Crippen LogP contribution in [0, 0.1) is 6.92 Å². The number of aromatic nitrogens is 1. The number of ether oxygens (including phenoxy) is 1. The number of rotatable bonds is 3. The molecular weight excluding hydrogens is 262 g/mol. The molecule has 3 nitrogen and oxygen atoms in total. The third-order valence-corrected chi connectivity index (χ3v) is 2.85. The van der Waals surface area contributed by atoms with Gasteiger partial charge in [-0.15, -0.1) is 0 Å². The van der Waals surface area contributed by atoms with E-state index in [-0.39, 0.29) is 5.97 Å². The van der Waals surface area contributed by atoms with Gasteiger partial charge >= 0.3 is 5.97 Å². The molecule has 2 aromatic rings. The van der Waals surface area contributed by atoms with Crippen LogP contribution < -0.4 is 4.74 Å². The minimum absolute atomic E-state index is 0.329. The molecule has 0 bridgehead atoms.